The number of nitrogens with zero attached hydrogens (tertiary/aromatic N) is 3. The highest BCUT2D eigenvalue weighted by atomic mass is 35.5. The third kappa shape index (κ3) is 2.50. The molecule has 3 aliphatic rings. The Balaban J connectivity index is 1.64. The van der Waals surface area contributed by atoms with Gasteiger partial charge in [-0.25, -0.2) is 0 Å². The minimum Gasteiger partial charge on any atom is -0.446 e. The number of rotatable bonds is 3. The van der Waals surface area contributed by atoms with Gasteiger partial charge in [-0.2, -0.15) is 4.98 Å². The molecule has 3 aliphatic heterocycles. The molecular weight excluding hydrogens is 410 g/mol. The van der Waals surface area contributed by atoms with Gasteiger partial charge in [0.25, 0.3) is 5.89 Å². The molecule has 2 aromatic rings. The van der Waals surface area contributed by atoms with E-state index >= 15 is 0 Å². The van der Waals surface area contributed by atoms with Crippen LogP contribution < -0.4 is 0 Å². The molecule has 9 heteroatoms. The van der Waals surface area contributed by atoms with Gasteiger partial charge in [0.1, 0.15) is 12.2 Å². The third-order valence-corrected chi connectivity index (χ3v) is 6.70. The van der Waals surface area contributed by atoms with Gasteiger partial charge in [0.15, 0.2) is 5.82 Å². The molecule has 8 nitrogen and oxygen atoms in total. The van der Waals surface area contributed by atoms with Crippen molar-refractivity contribution in [1.29, 1.82) is 0 Å². The van der Waals surface area contributed by atoms with Crippen molar-refractivity contribution in [3.63, 3.8) is 0 Å². The number of esters is 1. The van der Waals surface area contributed by atoms with Crippen LogP contribution in [0.2, 0.25) is 0 Å². The number of alkyl halides is 1. The molecule has 30 heavy (non-hydrogen) atoms. The summed E-state index contributed by atoms with van der Waals surface area (Å²) >= 11 is 6.93. The largest absolute Gasteiger partial charge is 0.446 e. The molecule has 5 atom stereocenters. The molecule has 0 unspecified atom stereocenters. The fraction of sp³-hybridized carbons (Fsp3) is 0.524. The van der Waals surface area contributed by atoms with E-state index in [4.69, 9.17) is 30.4 Å². The van der Waals surface area contributed by atoms with E-state index in [1.807, 2.05) is 20.8 Å². The number of hydrogen-bond donors (Lipinski definition) is 0. The third-order valence-electron chi connectivity index (χ3n) is 6.15. The Morgan fingerprint density at radius 1 is 1.23 bits per heavy atom. The quantitative estimate of drug-likeness (QED) is 0.543. The first kappa shape index (κ1) is 19.5. The Bertz CT molecular complexity index is 1080. The van der Waals surface area contributed by atoms with E-state index in [0.717, 1.165) is 22.3 Å². The maximum Gasteiger partial charge on any atom is 0.303 e. The number of halogens is 1. The van der Waals surface area contributed by atoms with Crippen LogP contribution in [0.15, 0.2) is 21.8 Å². The van der Waals surface area contributed by atoms with Gasteiger partial charge < -0.3 is 18.8 Å². The SMILES string of the molecule is CC(=O)O[C@@]1(c2nc(C)no2)C[C@@H]2O[C@H]1[C@H]1C(c3c(C)cc(C)cc3C)=NO[C@@]21Cl. The Labute approximate surface area is 178 Å². The van der Waals surface area contributed by atoms with E-state index in [0.29, 0.717) is 11.5 Å². The van der Waals surface area contributed by atoms with Crippen molar-refractivity contribution in [2.24, 2.45) is 11.1 Å². The number of fused-ring (bicyclic) bond motifs is 5. The number of aryl methyl sites for hydroxylation is 4. The van der Waals surface area contributed by atoms with E-state index in [-0.39, 0.29) is 12.3 Å². The number of oxime groups is 1. The maximum atomic E-state index is 12.1. The molecule has 158 valence electrons. The number of carbonyl (C=O) groups is 1. The van der Waals surface area contributed by atoms with Gasteiger partial charge in [-0.15, -0.1) is 0 Å². The van der Waals surface area contributed by atoms with Crippen molar-refractivity contribution in [3.8, 4) is 0 Å². The van der Waals surface area contributed by atoms with Crippen LogP contribution >= 0.6 is 11.6 Å². The van der Waals surface area contributed by atoms with E-state index in [1.54, 1.807) is 6.92 Å². The normalized spacial score (nSPS) is 33.9. The molecule has 1 aromatic heterocycles. The van der Waals surface area contributed by atoms with E-state index < -0.39 is 34.8 Å². The molecule has 4 heterocycles. The predicted octanol–water partition coefficient (Wildman–Crippen LogP) is 3.22. The molecular formula is C21H22ClN3O5. The van der Waals surface area contributed by atoms with Gasteiger partial charge in [0, 0.05) is 18.9 Å². The number of aromatic nitrogens is 2. The van der Waals surface area contributed by atoms with E-state index in [1.165, 1.54) is 6.92 Å². The first-order valence-corrected chi connectivity index (χ1v) is 10.2. The minimum atomic E-state index is -1.25. The Hall–Kier alpha value is -2.45. The lowest BCUT2D eigenvalue weighted by Crippen LogP contribution is -2.55. The highest BCUT2D eigenvalue weighted by molar-refractivity contribution is 6.27. The number of carbonyl (C=O) groups excluding carboxylic acids is 1. The standard InChI is InChI=1S/C21H22ClN3O5/c1-9-6-10(2)15(11(3)7-9)17-16-18-20(28-13(5)26,19-23-12(4)24-29-19)8-14(27-18)21(16,22)30-25-17/h6-7,14,16,18H,8H2,1-5H3/t14-,16+,18-,20-,21-/m0/s1. The average Bonchev–Trinajstić information content (AvgIpc) is 3.35. The second-order valence-corrected chi connectivity index (χ2v) is 8.99. The first-order valence-electron chi connectivity index (χ1n) is 9.85. The van der Waals surface area contributed by atoms with Crippen LogP contribution in [0, 0.1) is 33.6 Å². The van der Waals surface area contributed by atoms with Crippen molar-refractivity contribution in [3.05, 3.63) is 46.1 Å². The van der Waals surface area contributed by atoms with E-state index in [2.05, 4.69) is 27.4 Å². The molecule has 0 amide bonds. The summed E-state index contributed by atoms with van der Waals surface area (Å²) in [5.74, 6) is -0.310. The lowest BCUT2D eigenvalue weighted by Gasteiger charge is -2.38. The molecule has 2 bridgehead atoms. The molecule has 2 fully saturated rings. The summed E-state index contributed by atoms with van der Waals surface area (Å²) in [6, 6.07) is 4.18. The Morgan fingerprint density at radius 3 is 2.53 bits per heavy atom. The lowest BCUT2D eigenvalue weighted by molar-refractivity contribution is -0.172. The van der Waals surface area contributed by atoms with Crippen molar-refractivity contribution in [2.75, 3.05) is 0 Å². The van der Waals surface area contributed by atoms with Crippen molar-refractivity contribution in [2.45, 2.75) is 63.9 Å². The highest BCUT2D eigenvalue weighted by Crippen LogP contribution is 2.62. The zero-order valence-electron chi connectivity index (χ0n) is 17.4. The Morgan fingerprint density at radius 2 is 1.93 bits per heavy atom. The van der Waals surface area contributed by atoms with Gasteiger partial charge in [-0.3, -0.25) is 4.79 Å². The first-order chi connectivity index (χ1) is 14.2. The zero-order valence-corrected chi connectivity index (χ0v) is 18.1. The molecule has 2 saturated heterocycles. The molecule has 0 saturated carbocycles. The number of ether oxygens (including phenoxy) is 2. The monoisotopic (exact) mass is 431 g/mol. The van der Waals surface area contributed by atoms with Crippen LogP contribution in [0.5, 0.6) is 0 Å². The second kappa shape index (κ2) is 6.28. The van der Waals surface area contributed by atoms with Crippen LogP contribution in [-0.2, 0) is 24.7 Å². The van der Waals surface area contributed by atoms with Gasteiger partial charge in [0.05, 0.1) is 11.6 Å². The van der Waals surface area contributed by atoms with Crippen molar-refractivity contribution < 1.29 is 23.6 Å². The summed E-state index contributed by atoms with van der Waals surface area (Å²) in [5, 5.41) is 7.11. The summed E-state index contributed by atoms with van der Waals surface area (Å²) in [4.78, 5) is 22.2. The maximum absolute atomic E-state index is 12.1. The average molecular weight is 432 g/mol. The number of hydrogen-bond acceptors (Lipinski definition) is 8. The van der Waals surface area contributed by atoms with E-state index in [9.17, 15) is 4.79 Å². The van der Waals surface area contributed by atoms with Crippen molar-refractivity contribution >= 4 is 23.3 Å². The second-order valence-electron chi connectivity index (χ2n) is 8.40. The fourth-order valence-electron chi connectivity index (χ4n) is 5.20. The van der Waals surface area contributed by atoms with Crippen LogP contribution in [0.25, 0.3) is 0 Å². The minimum absolute atomic E-state index is 0.199. The van der Waals surface area contributed by atoms with Crippen LogP contribution in [0.4, 0.5) is 0 Å². The topological polar surface area (TPSA) is 96.0 Å². The molecule has 5 rings (SSSR count). The zero-order chi connectivity index (χ0) is 21.4. The van der Waals surface area contributed by atoms with Crippen molar-refractivity contribution in [1.82, 2.24) is 10.1 Å². The highest BCUT2D eigenvalue weighted by Gasteiger charge is 2.77. The van der Waals surface area contributed by atoms with Crippen LogP contribution in [0.3, 0.4) is 0 Å². The summed E-state index contributed by atoms with van der Waals surface area (Å²) in [6.45, 7) is 9.16. The summed E-state index contributed by atoms with van der Waals surface area (Å²) in [7, 11) is 0. The van der Waals surface area contributed by atoms with Crippen LogP contribution in [-0.4, -0.2) is 39.1 Å². The van der Waals surface area contributed by atoms with Gasteiger partial charge in [-0.1, -0.05) is 39.6 Å². The summed E-state index contributed by atoms with van der Waals surface area (Å²) < 4.78 is 17.5. The molecule has 0 N–H and O–H groups in total. The van der Waals surface area contributed by atoms with Crippen LogP contribution in [0.1, 0.15) is 47.3 Å². The predicted molar refractivity (Wildman–Crippen MR) is 106 cm³/mol. The summed E-state index contributed by atoms with van der Waals surface area (Å²) in [5.41, 5.74) is 3.67. The van der Waals surface area contributed by atoms with Gasteiger partial charge in [0.2, 0.25) is 10.7 Å². The molecule has 0 spiro atoms. The molecule has 0 radical (unpaired) electrons. The summed E-state index contributed by atoms with van der Waals surface area (Å²) in [6.07, 6.45) is -0.994. The molecule has 0 aliphatic carbocycles. The lowest BCUT2D eigenvalue weighted by atomic mass is 9.71. The molecule has 1 aromatic carbocycles. The number of benzene rings is 1. The smallest absolute Gasteiger partial charge is 0.303 e. The van der Waals surface area contributed by atoms with Gasteiger partial charge >= 0.3 is 5.97 Å². The Kier molecular flexibility index (Phi) is 4.08. The fourth-order valence-corrected chi connectivity index (χ4v) is 5.58. The van der Waals surface area contributed by atoms with Gasteiger partial charge in [-0.05, 0) is 38.8 Å².